The van der Waals surface area contributed by atoms with Crippen LogP contribution in [-0.2, 0) is 9.59 Å². The molecule has 2 rings (SSSR count). The van der Waals surface area contributed by atoms with Crippen LogP contribution in [0.25, 0.3) is 5.57 Å². The fourth-order valence-corrected chi connectivity index (χ4v) is 3.81. The molecule has 1 aliphatic heterocycles. The number of aromatic nitrogens is 2. The highest BCUT2D eigenvalue weighted by Crippen LogP contribution is 2.29. The van der Waals surface area contributed by atoms with Gasteiger partial charge in [-0.25, -0.2) is 9.59 Å². The van der Waals surface area contributed by atoms with Crippen molar-refractivity contribution < 1.29 is 19.8 Å². The van der Waals surface area contributed by atoms with Crippen LogP contribution < -0.4 is 0 Å². The van der Waals surface area contributed by atoms with Crippen LogP contribution >= 0.6 is 23.5 Å². The zero-order valence-electron chi connectivity index (χ0n) is 14.2. The number of allylic oxidation sites excluding steroid dienone is 1. The molecule has 1 aromatic rings. The minimum absolute atomic E-state index is 0.995. The number of unbranched alkanes of at least 4 members (excludes halogenated alkanes) is 2. The number of hydrogen-bond acceptors (Lipinski definition) is 7. The molecule has 0 aliphatic carbocycles. The molecule has 0 saturated carbocycles. The zero-order chi connectivity index (χ0) is 18.7. The summed E-state index contributed by atoms with van der Waals surface area (Å²) >= 11 is 3.18. The number of rotatable bonds is 7. The van der Waals surface area contributed by atoms with E-state index in [1.165, 1.54) is 30.1 Å². The number of thioether (sulfide) groups is 1. The van der Waals surface area contributed by atoms with Gasteiger partial charge in [0.2, 0.25) is 0 Å². The Morgan fingerprint density at radius 2 is 2.08 bits per heavy atom. The first-order chi connectivity index (χ1) is 12.0. The largest absolute Gasteiger partial charge is 0.473 e. The Hall–Kier alpha value is -1.71. The van der Waals surface area contributed by atoms with E-state index in [-0.39, 0.29) is 0 Å². The maximum absolute atomic E-state index is 9.10. The first-order valence-electron chi connectivity index (χ1n) is 7.86. The molecule has 0 spiro atoms. The standard InChI is InChI=1S/C14H21N3S2.C2H2O4/c1-3-4-5-6-10-18-14-13(15-19-16-14)12-8-7-9-17(2)11-12;3-1(4)2(5)6/h3,8H,1,4-7,9-11H2,2H3;(H,3,4)(H,5,6). The SMILES string of the molecule is C=CCCCCSc1nsnc1C1=CCCN(C)C1.O=C(O)C(=O)O. The van der Waals surface area contributed by atoms with Gasteiger partial charge in [0, 0.05) is 13.1 Å². The van der Waals surface area contributed by atoms with E-state index in [9.17, 15) is 0 Å². The van der Waals surface area contributed by atoms with Gasteiger partial charge in [-0.15, -0.1) is 18.3 Å². The third-order valence-electron chi connectivity index (χ3n) is 3.33. The van der Waals surface area contributed by atoms with Crippen molar-refractivity contribution >= 4 is 41.0 Å². The van der Waals surface area contributed by atoms with Crippen LogP contribution in [-0.4, -0.2) is 61.7 Å². The number of carboxylic acid groups (broad SMARTS) is 2. The molecule has 0 atom stereocenters. The molecule has 0 aromatic carbocycles. The quantitative estimate of drug-likeness (QED) is 0.320. The number of likely N-dealkylation sites (N-methyl/N-ethyl adjacent to an activating group) is 1. The van der Waals surface area contributed by atoms with Gasteiger partial charge >= 0.3 is 11.9 Å². The van der Waals surface area contributed by atoms with Gasteiger partial charge < -0.3 is 15.1 Å². The van der Waals surface area contributed by atoms with Gasteiger partial charge in [0.05, 0.1) is 11.7 Å². The Morgan fingerprint density at radius 3 is 2.68 bits per heavy atom. The lowest BCUT2D eigenvalue weighted by atomic mass is 10.1. The summed E-state index contributed by atoms with van der Waals surface area (Å²) in [6.07, 6.45) is 8.97. The minimum atomic E-state index is -1.82. The van der Waals surface area contributed by atoms with E-state index in [1.54, 1.807) is 0 Å². The number of nitrogens with zero attached hydrogens (tertiary/aromatic N) is 3. The summed E-state index contributed by atoms with van der Waals surface area (Å²) in [5.74, 6) is -2.53. The van der Waals surface area contributed by atoms with Crippen molar-refractivity contribution in [2.24, 2.45) is 0 Å². The van der Waals surface area contributed by atoms with Gasteiger partial charge in [0.1, 0.15) is 10.7 Å². The molecule has 9 heteroatoms. The van der Waals surface area contributed by atoms with Crippen molar-refractivity contribution in [1.29, 1.82) is 0 Å². The molecule has 0 radical (unpaired) electrons. The molecule has 2 N–H and O–H groups in total. The lowest BCUT2D eigenvalue weighted by molar-refractivity contribution is -0.159. The van der Waals surface area contributed by atoms with E-state index in [4.69, 9.17) is 19.8 Å². The third kappa shape index (κ3) is 8.28. The molecule has 25 heavy (non-hydrogen) atoms. The lowest BCUT2D eigenvalue weighted by Gasteiger charge is -2.22. The summed E-state index contributed by atoms with van der Waals surface area (Å²) < 4.78 is 8.94. The molecule has 7 nitrogen and oxygen atoms in total. The van der Waals surface area contributed by atoms with E-state index < -0.39 is 11.9 Å². The van der Waals surface area contributed by atoms with Crippen molar-refractivity contribution in [2.75, 3.05) is 25.9 Å². The second kappa shape index (κ2) is 11.8. The average Bonchev–Trinajstić information content (AvgIpc) is 3.03. The Labute approximate surface area is 155 Å². The normalized spacial score (nSPS) is 14.2. The summed E-state index contributed by atoms with van der Waals surface area (Å²) in [7, 11) is 2.16. The summed E-state index contributed by atoms with van der Waals surface area (Å²) in [5, 5.41) is 15.9. The molecule has 0 amide bonds. The van der Waals surface area contributed by atoms with Crippen LogP contribution in [0, 0.1) is 0 Å². The fraction of sp³-hybridized carbons (Fsp3) is 0.500. The first kappa shape index (κ1) is 21.3. The van der Waals surface area contributed by atoms with Crippen LogP contribution in [0.3, 0.4) is 0 Å². The van der Waals surface area contributed by atoms with Crippen LogP contribution in [0.5, 0.6) is 0 Å². The van der Waals surface area contributed by atoms with Gasteiger partial charge in [-0.3, -0.25) is 0 Å². The van der Waals surface area contributed by atoms with Gasteiger partial charge in [-0.05, 0) is 44.1 Å². The van der Waals surface area contributed by atoms with Crippen LogP contribution in [0.15, 0.2) is 23.8 Å². The molecule has 1 aromatic heterocycles. The lowest BCUT2D eigenvalue weighted by Crippen LogP contribution is -2.25. The molecule has 2 heterocycles. The van der Waals surface area contributed by atoms with Crippen molar-refractivity contribution in [1.82, 2.24) is 13.6 Å². The Balaban J connectivity index is 0.000000450. The monoisotopic (exact) mass is 385 g/mol. The van der Waals surface area contributed by atoms with E-state index in [0.717, 1.165) is 42.4 Å². The fourth-order valence-electron chi connectivity index (χ4n) is 2.10. The van der Waals surface area contributed by atoms with Gasteiger partial charge in [0.25, 0.3) is 0 Å². The topological polar surface area (TPSA) is 104 Å². The number of carbonyl (C=O) groups is 2. The molecule has 0 unspecified atom stereocenters. The Bertz CT molecular complexity index is 604. The van der Waals surface area contributed by atoms with E-state index in [1.807, 2.05) is 17.8 Å². The van der Waals surface area contributed by atoms with Crippen molar-refractivity contribution in [3.63, 3.8) is 0 Å². The van der Waals surface area contributed by atoms with Crippen molar-refractivity contribution in [2.45, 2.75) is 30.7 Å². The van der Waals surface area contributed by atoms with Crippen molar-refractivity contribution in [3.8, 4) is 0 Å². The minimum Gasteiger partial charge on any atom is -0.473 e. The number of hydrogen-bond donors (Lipinski definition) is 2. The summed E-state index contributed by atoms with van der Waals surface area (Å²) in [6, 6.07) is 0. The summed E-state index contributed by atoms with van der Waals surface area (Å²) in [6.45, 7) is 5.89. The number of carboxylic acids is 2. The summed E-state index contributed by atoms with van der Waals surface area (Å²) in [5.41, 5.74) is 2.46. The van der Waals surface area contributed by atoms with Crippen LogP contribution in [0.1, 0.15) is 31.4 Å². The summed E-state index contributed by atoms with van der Waals surface area (Å²) in [4.78, 5) is 20.5. The highest BCUT2D eigenvalue weighted by Gasteiger charge is 2.17. The Morgan fingerprint density at radius 1 is 1.36 bits per heavy atom. The molecule has 1 aliphatic rings. The smallest absolute Gasteiger partial charge is 0.414 e. The molecular weight excluding hydrogens is 362 g/mol. The second-order valence-corrected chi connectivity index (χ2v) is 7.03. The highest BCUT2D eigenvalue weighted by molar-refractivity contribution is 7.99. The Kier molecular flexibility index (Phi) is 10.0. The van der Waals surface area contributed by atoms with Gasteiger partial charge in [0.15, 0.2) is 0 Å². The maximum atomic E-state index is 9.10. The van der Waals surface area contributed by atoms with Gasteiger partial charge in [-0.2, -0.15) is 8.75 Å². The number of aliphatic carboxylic acids is 2. The van der Waals surface area contributed by atoms with Crippen molar-refractivity contribution in [3.05, 3.63) is 24.4 Å². The van der Waals surface area contributed by atoms with E-state index >= 15 is 0 Å². The third-order valence-corrected chi connectivity index (χ3v) is 5.02. The maximum Gasteiger partial charge on any atom is 0.414 e. The second-order valence-electron chi connectivity index (χ2n) is 5.42. The van der Waals surface area contributed by atoms with E-state index in [2.05, 4.69) is 33.3 Å². The average molecular weight is 386 g/mol. The first-order valence-corrected chi connectivity index (χ1v) is 9.57. The molecule has 0 fully saturated rings. The highest BCUT2D eigenvalue weighted by atomic mass is 32.2. The molecule has 0 bridgehead atoms. The van der Waals surface area contributed by atoms with E-state index in [0.29, 0.717) is 0 Å². The predicted molar refractivity (Wildman–Crippen MR) is 100 cm³/mol. The molecular formula is C16H23N3O4S2. The van der Waals surface area contributed by atoms with Crippen LogP contribution in [0.2, 0.25) is 0 Å². The molecule has 138 valence electrons. The van der Waals surface area contributed by atoms with Gasteiger partial charge in [-0.1, -0.05) is 12.2 Å². The molecule has 0 saturated heterocycles. The van der Waals surface area contributed by atoms with Crippen LogP contribution in [0.4, 0.5) is 0 Å². The predicted octanol–water partition coefficient (Wildman–Crippen LogP) is 2.86. The zero-order valence-corrected chi connectivity index (χ0v) is 15.8.